The summed E-state index contributed by atoms with van der Waals surface area (Å²) in [6.07, 6.45) is 5.46. The molecule has 4 aliphatic heterocycles. The fourth-order valence-electron chi connectivity index (χ4n) is 7.34. The van der Waals surface area contributed by atoms with Gasteiger partial charge in [-0.05, 0) is 64.2 Å². The molecule has 41 heavy (non-hydrogen) atoms. The number of hydrogen-bond donors (Lipinski definition) is 1. The average molecular weight is 579 g/mol. The molecule has 0 aliphatic carbocycles. The zero-order chi connectivity index (χ0) is 29.0. The highest BCUT2D eigenvalue weighted by atomic mass is 16.5. The maximum atomic E-state index is 13.2. The summed E-state index contributed by atoms with van der Waals surface area (Å²) in [4.78, 5) is 41.0. The molecule has 4 rings (SSSR count). The van der Waals surface area contributed by atoms with Crippen LogP contribution < -0.4 is 0 Å². The first kappa shape index (κ1) is 32.9. The van der Waals surface area contributed by atoms with E-state index in [1.54, 1.807) is 7.11 Å². The molecule has 10 heteroatoms. The quantitative estimate of drug-likeness (QED) is 0.272. The summed E-state index contributed by atoms with van der Waals surface area (Å²) in [5.41, 5.74) is 0. The van der Waals surface area contributed by atoms with E-state index in [-0.39, 0.29) is 18.2 Å². The van der Waals surface area contributed by atoms with Crippen molar-refractivity contribution in [3.8, 4) is 0 Å². The third-order valence-corrected chi connectivity index (χ3v) is 10.1. The van der Waals surface area contributed by atoms with E-state index in [4.69, 9.17) is 9.84 Å². The van der Waals surface area contributed by atoms with Gasteiger partial charge in [-0.15, -0.1) is 0 Å². The van der Waals surface area contributed by atoms with Gasteiger partial charge < -0.3 is 24.5 Å². The van der Waals surface area contributed by atoms with E-state index in [9.17, 15) is 9.59 Å². The van der Waals surface area contributed by atoms with Crippen LogP contribution in [0.15, 0.2) is 0 Å². The fraction of sp³-hybridized carbons (Fsp3) is 0.935. The van der Waals surface area contributed by atoms with E-state index in [1.807, 2.05) is 6.92 Å². The molecule has 1 unspecified atom stereocenters. The van der Waals surface area contributed by atoms with E-state index >= 15 is 0 Å². The lowest BCUT2D eigenvalue weighted by Crippen LogP contribution is -2.54. The molecule has 4 aliphatic rings. The van der Waals surface area contributed by atoms with Crippen molar-refractivity contribution in [3.63, 3.8) is 0 Å². The molecule has 0 amide bonds. The molecule has 0 radical (unpaired) electrons. The summed E-state index contributed by atoms with van der Waals surface area (Å²) >= 11 is 0. The van der Waals surface area contributed by atoms with E-state index < -0.39 is 5.92 Å². The fourth-order valence-corrected chi connectivity index (χ4v) is 7.34. The minimum absolute atomic E-state index is 0.112. The number of Topliss-reactive ketones (excluding diaryl/α,β-unsaturated/α-hetero) is 2. The highest BCUT2D eigenvalue weighted by Gasteiger charge is 2.32. The summed E-state index contributed by atoms with van der Waals surface area (Å²) < 4.78 is 5.23. The Morgan fingerprint density at radius 2 is 1.22 bits per heavy atom. The molecule has 0 aromatic rings. The predicted octanol–water partition coefficient (Wildman–Crippen LogP) is 0.201. The summed E-state index contributed by atoms with van der Waals surface area (Å²) in [6, 6.07) is 0.655. The zero-order valence-corrected chi connectivity index (χ0v) is 26.1. The normalized spacial score (nSPS) is 25.0. The van der Waals surface area contributed by atoms with Gasteiger partial charge in [0.05, 0.1) is 32.2 Å². The Hall–Kier alpha value is -0.980. The van der Waals surface area contributed by atoms with Crippen molar-refractivity contribution in [2.45, 2.75) is 45.1 Å². The SMILES string of the molecule is CCC(C(=O)CN1CCN(CC2CCN(CCO)CC2)CC1)C(=O)CN1CCN(C2CCN(CCOC)CC2)CC1. The third kappa shape index (κ3) is 10.3. The number of piperazine rings is 2. The number of carbonyl (C=O) groups is 2. The van der Waals surface area contributed by atoms with Gasteiger partial charge in [0, 0.05) is 85.1 Å². The Morgan fingerprint density at radius 3 is 1.76 bits per heavy atom. The molecular formula is C31H58N6O4. The number of ketones is 2. The van der Waals surface area contributed by atoms with Gasteiger partial charge in [0.15, 0.2) is 11.6 Å². The van der Waals surface area contributed by atoms with Gasteiger partial charge in [0.1, 0.15) is 0 Å². The van der Waals surface area contributed by atoms with Crippen molar-refractivity contribution in [1.29, 1.82) is 0 Å². The molecule has 4 fully saturated rings. The van der Waals surface area contributed by atoms with E-state index in [1.165, 1.54) is 25.7 Å². The van der Waals surface area contributed by atoms with E-state index in [2.05, 4.69) is 29.4 Å². The minimum atomic E-state index is -0.466. The Kier molecular flexibility index (Phi) is 13.9. The van der Waals surface area contributed by atoms with Gasteiger partial charge in [0.25, 0.3) is 0 Å². The van der Waals surface area contributed by atoms with Crippen LogP contribution in [0.4, 0.5) is 0 Å². The van der Waals surface area contributed by atoms with Crippen LogP contribution in [0.1, 0.15) is 39.0 Å². The Labute approximate surface area is 248 Å². The number of nitrogens with zero attached hydrogens (tertiary/aromatic N) is 6. The number of rotatable bonds is 15. The number of hydrogen-bond acceptors (Lipinski definition) is 10. The van der Waals surface area contributed by atoms with E-state index in [0.717, 1.165) is 111 Å². The first-order chi connectivity index (χ1) is 20.0. The first-order valence-corrected chi connectivity index (χ1v) is 16.5. The number of ether oxygens (including phenoxy) is 1. The standard InChI is InChI=1S/C31H58N6O4/c1-3-29(30(39)25-35-14-12-34(13-15-35)24-27-4-8-32(9-5-27)20-22-38)31(40)26-36-16-18-37(19-17-36)28-6-10-33(11-7-28)21-23-41-2/h27-29,38H,3-26H2,1-2H3. The number of β-amino-alcohol motifs (C(OH)–C–C–N with tert-alkyl or cyclic N) is 1. The molecule has 1 N–H and O–H groups in total. The number of carbonyl (C=O) groups excluding carboxylic acids is 2. The maximum Gasteiger partial charge on any atom is 0.157 e. The van der Waals surface area contributed by atoms with Crippen molar-refractivity contribution < 1.29 is 19.4 Å². The number of likely N-dealkylation sites (tertiary alicyclic amines) is 2. The van der Waals surface area contributed by atoms with Gasteiger partial charge in [-0.2, -0.15) is 0 Å². The molecule has 0 spiro atoms. The molecule has 0 saturated carbocycles. The van der Waals surface area contributed by atoms with Crippen LogP contribution >= 0.6 is 0 Å². The largest absolute Gasteiger partial charge is 0.395 e. The van der Waals surface area contributed by atoms with Crippen LogP contribution in [-0.4, -0.2) is 184 Å². The predicted molar refractivity (Wildman–Crippen MR) is 162 cm³/mol. The lowest BCUT2D eigenvalue weighted by atomic mass is 9.94. The Balaban J connectivity index is 1.11. The molecule has 0 bridgehead atoms. The van der Waals surface area contributed by atoms with Gasteiger partial charge in [-0.25, -0.2) is 0 Å². The maximum absolute atomic E-state index is 13.2. The lowest BCUT2D eigenvalue weighted by molar-refractivity contribution is -0.134. The first-order valence-electron chi connectivity index (χ1n) is 16.5. The van der Waals surface area contributed by atoms with Crippen molar-refractivity contribution in [3.05, 3.63) is 0 Å². The van der Waals surface area contributed by atoms with Crippen molar-refractivity contribution >= 4 is 11.6 Å². The molecule has 0 aromatic carbocycles. The van der Waals surface area contributed by atoms with Crippen molar-refractivity contribution in [2.24, 2.45) is 11.8 Å². The zero-order valence-electron chi connectivity index (χ0n) is 26.1. The monoisotopic (exact) mass is 578 g/mol. The second-order valence-electron chi connectivity index (χ2n) is 12.9. The van der Waals surface area contributed by atoms with Crippen LogP contribution in [0.3, 0.4) is 0 Å². The smallest absolute Gasteiger partial charge is 0.157 e. The number of methoxy groups -OCH3 is 1. The average Bonchev–Trinajstić information content (AvgIpc) is 2.99. The summed E-state index contributed by atoms with van der Waals surface area (Å²) in [7, 11) is 1.77. The molecule has 236 valence electrons. The Morgan fingerprint density at radius 1 is 0.707 bits per heavy atom. The van der Waals surface area contributed by atoms with Crippen molar-refractivity contribution in [1.82, 2.24) is 29.4 Å². The van der Waals surface area contributed by atoms with Crippen LogP contribution in [0.5, 0.6) is 0 Å². The third-order valence-electron chi connectivity index (χ3n) is 10.1. The van der Waals surface area contributed by atoms with Crippen LogP contribution in [-0.2, 0) is 14.3 Å². The van der Waals surface area contributed by atoms with Crippen molar-refractivity contribution in [2.75, 3.05) is 132 Å². The number of aliphatic hydroxyl groups excluding tert-OH is 1. The minimum Gasteiger partial charge on any atom is -0.395 e. The molecule has 4 heterocycles. The molecule has 10 nitrogen and oxygen atoms in total. The highest BCUT2D eigenvalue weighted by Crippen LogP contribution is 2.20. The summed E-state index contributed by atoms with van der Waals surface area (Å²) in [5.74, 6) is 0.498. The van der Waals surface area contributed by atoms with Crippen LogP contribution in [0.25, 0.3) is 0 Å². The second-order valence-corrected chi connectivity index (χ2v) is 12.9. The van der Waals surface area contributed by atoms with E-state index in [0.29, 0.717) is 25.6 Å². The lowest BCUT2D eigenvalue weighted by Gasteiger charge is -2.42. The molecular weight excluding hydrogens is 520 g/mol. The van der Waals surface area contributed by atoms with Crippen LogP contribution in [0, 0.1) is 11.8 Å². The number of piperidine rings is 2. The van der Waals surface area contributed by atoms with Gasteiger partial charge in [-0.3, -0.25) is 24.3 Å². The Bertz CT molecular complexity index is 771. The topological polar surface area (TPSA) is 83.0 Å². The number of aliphatic hydroxyl groups is 1. The summed E-state index contributed by atoms with van der Waals surface area (Å²) in [6.45, 7) is 19.0. The highest BCUT2D eigenvalue weighted by molar-refractivity contribution is 6.04. The summed E-state index contributed by atoms with van der Waals surface area (Å²) in [5, 5.41) is 9.16. The van der Waals surface area contributed by atoms with Gasteiger partial charge in [-0.1, -0.05) is 6.92 Å². The molecule has 4 saturated heterocycles. The second kappa shape index (κ2) is 17.3. The van der Waals surface area contributed by atoms with Gasteiger partial charge >= 0.3 is 0 Å². The molecule has 0 aromatic heterocycles. The van der Waals surface area contributed by atoms with Crippen LogP contribution in [0.2, 0.25) is 0 Å². The van der Waals surface area contributed by atoms with Gasteiger partial charge in [0.2, 0.25) is 0 Å². The molecule has 1 atom stereocenters.